The second kappa shape index (κ2) is 5.52. The van der Waals surface area contributed by atoms with E-state index in [1.165, 1.54) is 25.7 Å². The largest absolute Gasteiger partial charge is 0.287 e. The van der Waals surface area contributed by atoms with E-state index in [0.29, 0.717) is 10.5 Å². The lowest BCUT2D eigenvalue weighted by Gasteiger charge is -2.14. The minimum absolute atomic E-state index is 0.183. The Morgan fingerprint density at radius 2 is 2.16 bits per heavy atom. The second-order valence-corrected chi connectivity index (χ2v) is 8.09. The van der Waals surface area contributed by atoms with Crippen LogP contribution in [0.3, 0.4) is 0 Å². The molecule has 0 amide bonds. The number of rotatable bonds is 3. The highest BCUT2D eigenvalue weighted by atomic mass is 32.2. The summed E-state index contributed by atoms with van der Waals surface area (Å²) in [5, 5.41) is 2.11. The van der Waals surface area contributed by atoms with Crippen molar-refractivity contribution in [3.05, 3.63) is 16.0 Å². The van der Waals surface area contributed by atoms with Crippen molar-refractivity contribution in [3.63, 3.8) is 0 Å². The lowest BCUT2D eigenvalue weighted by molar-refractivity contribution is 0.593. The van der Waals surface area contributed by atoms with Gasteiger partial charge in [-0.3, -0.25) is 9.36 Å². The maximum absolute atomic E-state index is 12.5. The van der Waals surface area contributed by atoms with Gasteiger partial charge < -0.3 is 0 Å². The maximum Gasteiger partial charge on any atom is 0.268 e. The fourth-order valence-corrected chi connectivity index (χ4v) is 5.34. The van der Waals surface area contributed by atoms with E-state index in [2.05, 4.69) is 6.92 Å². The molecule has 0 aromatic carbocycles. The van der Waals surface area contributed by atoms with Crippen LogP contribution in [0.15, 0.2) is 14.8 Å². The molecule has 1 atom stereocenters. The van der Waals surface area contributed by atoms with Gasteiger partial charge in [-0.25, -0.2) is 4.98 Å². The molecule has 104 valence electrons. The van der Waals surface area contributed by atoms with Gasteiger partial charge in [-0.2, -0.15) is 0 Å². The SMILES string of the molecule is CCn1c(SC2CCCC2)nc2c(c1=O)SC(C)C2. The Labute approximate surface area is 122 Å². The standard InChI is InChI=1S/C14H20N2OS2/c1-3-16-13(17)12-11(8-9(2)18-12)15-14(16)19-10-6-4-5-7-10/h9-10H,3-8H2,1-2H3. The predicted octanol–water partition coefficient (Wildman–Crippen LogP) is 3.33. The first kappa shape index (κ1) is 13.6. The van der Waals surface area contributed by atoms with Crippen LogP contribution in [0.4, 0.5) is 0 Å². The summed E-state index contributed by atoms with van der Waals surface area (Å²) >= 11 is 3.52. The average Bonchev–Trinajstić information content (AvgIpc) is 2.99. The number of aromatic nitrogens is 2. The molecule has 1 unspecified atom stereocenters. The summed E-state index contributed by atoms with van der Waals surface area (Å²) in [5.41, 5.74) is 1.22. The van der Waals surface area contributed by atoms with Crippen molar-refractivity contribution in [1.29, 1.82) is 0 Å². The lowest BCUT2D eigenvalue weighted by Crippen LogP contribution is -2.25. The zero-order chi connectivity index (χ0) is 13.4. The van der Waals surface area contributed by atoms with Crippen LogP contribution in [0.2, 0.25) is 0 Å². The number of hydrogen-bond donors (Lipinski definition) is 0. The van der Waals surface area contributed by atoms with Crippen LogP contribution < -0.4 is 5.56 Å². The van der Waals surface area contributed by atoms with E-state index >= 15 is 0 Å². The van der Waals surface area contributed by atoms with Gasteiger partial charge in [0.15, 0.2) is 5.16 Å². The molecule has 2 aliphatic rings. The predicted molar refractivity (Wildman–Crippen MR) is 81.3 cm³/mol. The Balaban J connectivity index is 1.97. The molecule has 1 aromatic rings. The van der Waals surface area contributed by atoms with Gasteiger partial charge in [0.05, 0.1) is 10.6 Å². The van der Waals surface area contributed by atoms with E-state index in [4.69, 9.17) is 4.98 Å². The fraction of sp³-hybridized carbons (Fsp3) is 0.714. The zero-order valence-corrected chi connectivity index (χ0v) is 13.1. The molecule has 0 saturated heterocycles. The molecule has 3 nitrogen and oxygen atoms in total. The fourth-order valence-electron chi connectivity index (χ4n) is 2.86. The first-order valence-electron chi connectivity index (χ1n) is 7.16. The third-order valence-corrected chi connectivity index (χ3v) is 6.40. The second-order valence-electron chi connectivity index (χ2n) is 5.38. The molecular formula is C14H20N2OS2. The average molecular weight is 296 g/mol. The Kier molecular flexibility index (Phi) is 3.94. The van der Waals surface area contributed by atoms with Crippen LogP contribution in [-0.4, -0.2) is 20.1 Å². The molecule has 0 bridgehead atoms. The molecular weight excluding hydrogens is 276 g/mol. The molecule has 1 saturated carbocycles. The Morgan fingerprint density at radius 1 is 1.42 bits per heavy atom. The van der Waals surface area contributed by atoms with Gasteiger partial charge in [0.1, 0.15) is 0 Å². The summed E-state index contributed by atoms with van der Waals surface area (Å²) in [6.45, 7) is 4.94. The Hall–Kier alpha value is -0.420. The summed E-state index contributed by atoms with van der Waals surface area (Å²) in [4.78, 5) is 18.2. The maximum atomic E-state index is 12.5. The minimum atomic E-state index is 0.183. The molecule has 0 N–H and O–H groups in total. The molecule has 5 heteroatoms. The normalized spacial score (nSPS) is 22.9. The van der Waals surface area contributed by atoms with Gasteiger partial charge >= 0.3 is 0 Å². The van der Waals surface area contributed by atoms with Crippen LogP contribution in [0.5, 0.6) is 0 Å². The Bertz CT molecular complexity index is 535. The van der Waals surface area contributed by atoms with Crippen LogP contribution >= 0.6 is 23.5 Å². The summed E-state index contributed by atoms with van der Waals surface area (Å²) in [7, 11) is 0. The first-order valence-corrected chi connectivity index (χ1v) is 8.92. The van der Waals surface area contributed by atoms with E-state index in [9.17, 15) is 4.79 Å². The molecule has 1 aromatic heterocycles. The number of thioether (sulfide) groups is 2. The van der Waals surface area contributed by atoms with E-state index in [-0.39, 0.29) is 5.56 Å². The zero-order valence-electron chi connectivity index (χ0n) is 11.5. The van der Waals surface area contributed by atoms with Gasteiger partial charge in [0.2, 0.25) is 0 Å². The Morgan fingerprint density at radius 3 is 2.84 bits per heavy atom. The third kappa shape index (κ3) is 2.59. The molecule has 1 aliphatic carbocycles. The van der Waals surface area contributed by atoms with Crippen molar-refractivity contribution in [2.24, 2.45) is 0 Å². The van der Waals surface area contributed by atoms with E-state index < -0.39 is 0 Å². The van der Waals surface area contributed by atoms with Gasteiger partial charge in [-0.05, 0) is 19.8 Å². The van der Waals surface area contributed by atoms with Gasteiger partial charge in [0.25, 0.3) is 5.56 Å². The summed E-state index contributed by atoms with van der Waals surface area (Å²) in [6.07, 6.45) is 6.13. The van der Waals surface area contributed by atoms with Crippen molar-refractivity contribution in [3.8, 4) is 0 Å². The van der Waals surface area contributed by atoms with Crippen LogP contribution in [0.25, 0.3) is 0 Å². The molecule has 1 fully saturated rings. The van der Waals surface area contributed by atoms with Crippen molar-refractivity contribution in [1.82, 2.24) is 9.55 Å². The highest BCUT2D eigenvalue weighted by Gasteiger charge is 2.27. The highest BCUT2D eigenvalue weighted by Crippen LogP contribution is 2.37. The van der Waals surface area contributed by atoms with Gasteiger partial charge in [0, 0.05) is 23.5 Å². The summed E-state index contributed by atoms with van der Waals surface area (Å²) in [5.74, 6) is 0. The first-order chi connectivity index (χ1) is 9.19. The summed E-state index contributed by atoms with van der Waals surface area (Å²) < 4.78 is 1.87. The van der Waals surface area contributed by atoms with Crippen LogP contribution in [0, 0.1) is 0 Å². The lowest BCUT2D eigenvalue weighted by atomic mass is 10.2. The van der Waals surface area contributed by atoms with Crippen LogP contribution in [0.1, 0.15) is 45.2 Å². The number of fused-ring (bicyclic) bond motifs is 1. The van der Waals surface area contributed by atoms with Crippen molar-refractivity contribution >= 4 is 23.5 Å². The summed E-state index contributed by atoms with van der Waals surface area (Å²) in [6, 6.07) is 0. The molecule has 1 aliphatic heterocycles. The molecule has 0 spiro atoms. The third-order valence-electron chi connectivity index (χ3n) is 3.85. The molecule has 2 heterocycles. The van der Waals surface area contributed by atoms with Gasteiger partial charge in [-0.1, -0.05) is 31.5 Å². The van der Waals surface area contributed by atoms with Crippen molar-refractivity contribution in [2.45, 2.75) is 73.0 Å². The number of hydrogen-bond acceptors (Lipinski definition) is 4. The van der Waals surface area contributed by atoms with Crippen LogP contribution in [-0.2, 0) is 13.0 Å². The van der Waals surface area contributed by atoms with E-state index in [0.717, 1.165) is 28.7 Å². The molecule has 0 radical (unpaired) electrons. The van der Waals surface area contributed by atoms with E-state index in [1.807, 2.05) is 23.3 Å². The number of nitrogens with zero attached hydrogens (tertiary/aromatic N) is 2. The van der Waals surface area contributed by atoms with Crippen molar-refractivity contribution < 1.29 is 0 Å². The monoisotopic (exact) mass is 296 g/mol. The minimum Gasteiger partial charge on any atom is -0.287 e. The topological polar surface area (TPSA) is 34.9 Å². The van der Waals surface area contributed by atoms with E-state index in [1.54, 1.807) is 11.8 Å². The van der Waals surface area contributed by atoms with Gasteiger partial charge in [-0.15, -0.1) is 11.8 Å². The highest BCUT2D eigenvalue weighted by molar-refractivity contribution is 8.00. The smallest absolute Gasteiger partial charge is 0.268 e. The van der Waals surface area contributed by atoms with Crippen molar-refractivity contribution in [2.75, 3.05) is 0 Å². The molecule has 3 rings (SSSR count). The molecule has 19 heavy (non-hydrogen) atoms. The quantitative estimate of drug-likeness (QED) is 0.801.